The summed E-state index contributed by atoms with van der Waals surface area (Å²) >= 11 is 6.05. The normalized spacial score (nSPS) is 16.1. The molecule has 0 aromatic heterocycles. The quantitative estimate of drug-likeness (QED) is 0.814. The minimum atomic E-state index is -0.659. The third kappa shape index (κ3) is 2.94. The van der Waals surface area contributed by atoms with E-state index in [1.54, 1.807) is 23.1 Å². The Labute approximate surface area is 140 Å². The molecule has 0 radical (unpaired) electrons. The third-order valence-corrected chi connectivity index (χ3v) is 4.46. The zero-order valence-corrected chi connectivity index (χ0v) is 13.7. The van der Waals surface area contributed by atoms with Gasteiger partial charge in [-0.15, -0.1) is 0 Å². The maximum atomic E-state index is 12.6. The van der Waals surface area contributed by atoms with Crippen LogP contribution in [0.4, 0.5) is 11.4 Å². The minimum absolute atomic E-state index is 0.0349. The van der Waals surface area contributed by atoms with Crippen molar-refractivity contribution in [1.82, 2.24) is 0 Å². The molecule has 2 aromatic rings. The molecule has 1 atom stereocenters. The maximum absolute atomic E-state index is 12.6. The molecule has 0 aliphatic carbocycles. The van der Waals surface area contributed by atoms with Crippen molar-refractivity contribution in [3.8, 4) is 0 Å². The van der Waals surface area contributed by atoms with Gasteiger partial charge in [0.1, 0.15) is 0 Å². The number of carbonyl (C=O) groups excluding carboxylic acids is 2. The monoisotopic (exact) mass is 328 g/mol. The molecule has 0 bridgehead atoms. The molecule has 1 N–H and O–H groups in total. The Kier molecular flexibility index (Phi) is 4.09. The molecule has 1 aliphatic rings. The van der Waals surface area contributed by atoms with E-state index in [9.17, 15) is 9.59 Å². The van der Waals surface area contributed by atoms with Crippen LogP contribution in [0.15, 0.2) is 42.5 Å². The Morgan fingerprint density at radius 3 is 2.70 bits per heavy atom. The molecule has 0 fully saturated rings. The smallest absolute Gasteiger partial charge is 0.316 e. The first kappa shape index (κ1) is 15.6. The number of hydrogen-bond acceptors (Lipinski definition) is 2. The number of nitrogens with zero attached hydrogens (tertiary/aromatic N) is 1. The van der Waals surface area contributed by atoms with E-state index >= 15 is 0 Å². The molecule has 0 saturated carbocycles. The summed E-state index contributed by atoms with van der Waals surface area (Å²) in [5.74, 6) is -1.22. The largest absolute Gasteiger partial charge is 0.318 e. The average Bonchev–Trinajstić information content (AvgIpc) is 2.86. The molecule has 1 heterocycles. The second kappa shape index (κ2) is 6.05. The van der Waals surface area contributed by atoms with Crippen LogP contribution in [0.25, 0.3) is 0 Å². The topological polar surface area (TPSA) is 49.4 Å². The standard InChI is InChI=1S/C18H17ClN2O2/c1-11-7-8-14(10-15(11)19)20-17(22)18(23)21-12(2)9-13-5-3-4-6-16(13)21/h3-8,10,12H,9H2,1-2H3,(H,20,22). The molecule has 3 rings (SSSR count). The predicted molar refractivity (Wildman–Crippen MR) is 91.9 cm³/mol. The van der Waals surface area contributed by atoms with Gasteiger partial charge in [-0.2, -0.15) is 0 Å². The zero-order chi connectivity index (χ0) is 16.6. The molecule has 23 heavy (non-hydrogen) atoms. The van der Waals surface area contributed by atoms with Crippen LogP contribution in [0.1, 0.15) is 18.1 Å². The lowest BCUT2D eigenvalue weighted by atomic mass is 10.1. The number of benzene rings is 2. The van der Waals surface area contributed by atoms with Crippen molar-refractivity contribution in [2.24, 2.45) is 0 Å². The lowest BCUT2D eigenvalue weighted by Gasteiger charge is -2.22. The fraction of sp³-hybridized carbons (Fsp3) is 0.222. The highest BCUT2D eigenvalue weighted by molar-refractivity contribution is 6.44. The third-order valence-electron chi connectivity index (χ3n) is 4.05. The van der Waals surface area contributed by atoms with Gasteiger partial charge in [0.25, 0.3) is 0 Å². The van der Waals surface area contributed by atoms with E-state index in [1.807, 2.05) is 38.1 Å². The molecule has 2 amide bonds. The van der Waals surface area contributed by atoms with Gasteiger partial charge in [-0.05, 0) is 49.6 Å². The van der Waals surface area contributed by atoms with Gasteiger partial charge in [0.2, 0.25) is 0 Å². The van der Waals surface area contributed by atoms with Crippen LogP contribution in [0.5, 0.6) is 0 Å². The summed E-state index contributed by atoms with van der Waals surface area (Å²) in [7, 11) is 0. The fourth-order valence-corrected chi connectivity index (χ4v) is 3.02. The van der Waals surface area contributed by atoms with Gasteiger partial charge < -0.3 is 10.2 Å². The summed E-state index contributed by atoms with van der Waals surface area (Å²) in [5, 5.41) is 3.17. The van der Waals surface area contributed by atoms with E-state index in [1.165, 1.54) is 0 Å². The highest BCUT2D eigenvalue weighted by Gasteiger charge is 2.34. The number of para-hydroxylation sites is 1. The van der Waals surface area contributed by atoms with Gasteiger partial charge in [-0.25, -0.2) is 0 Å². The van der Waals surface area contributed by atoms with Crippen LogP contribution < -0.4 is 10.2 Å². The summed E-state index contributed by atoms with van der Waals surface area (Å²) < 4.78 is 0. The molecule has 1 unspecified atom stereocenters. The molecular weight excluding hydrogens is 312 g/mol. The molecule has 4 nitrogen and oxygen atoms in total. The number of carbonyl (C=O) groups is 2. The number of fused-ring (bicyclic) bond motifs is 1. The second-order valence-corrected chi connectivity index (χ2v) is 6.18. The Hall–Kier alpha value is -2.33. The van der Waals surface area contributed by atoms with E-state index in [-0.39, 0.29) is 6.04 Å². The van der Waals surface area contributed by atoms with Crippen LogP contribution in [0.3, 0.4) is 0 Å². The summed E-state index contributed by atoms with van der Waals surface area (Å²) in [6, 6.07) is 12.8. The van der Waals surface area contributed by atoms with Crippen molar-refractivity contribution in [2.75, 3.05) is 10.2 Å². The molecular formula is C18H17ClN2O2. The van der Waals surface area contributed by atoms with E-state index in [0.717, 1.165) is 23.2 Å². The van der Waals surface area contributed by atoms with E-state index in [4.69, 9.17) is 11.6 Å². The Morgan fingerprint density at radius 2 is 1.96 bits per heavy atom. The van der Waals surface area contributed by atoms with Crippen molar-refractivity contribution in [2.45, 2.75) is 26.3 Å². The highest BCUT2D eigenvalue weighted by Crippen LogP contribution is 2.32. The Balaban J connectivity index is 1.80. The molecule has 118 valence electrons. The Morgan fingerprint density at radius 1 is 1.22 bits per heavy atom. The van der Waals surface area contributed by atoms with Crippen LogP contribution >= 0.6 is 11.6 Å². The molecule has 2 aromatic carbocycles. The van der Waals surface area contributed by atoms with Crippen molar-refractivity contribution < 1.29 is 9.59 Å². The van der Waals surface area contributed by atoms with Gasteiger partial charge >= 0.3 is 11.8 Å². The lowest BCUT2D eigenvalue weighted by Crippen LogP contribution is -2.43. The average molecular weight is 329 g/mol. The zero-order valence-electron chi connectivity index (χ0n) is 13.0. The molecule has 0 spiro atoms. The summed E-state index contributed by atoms with van der Waals surface area (Å²) in [6.45, 7) is 3.82. The van der Waals surface area contributed by atoms with Gasteiger partial charge in [-0.1, -0.05) is 35.9 Å². The first-order chi connectivity index (χ1) is 11.0. The predicted octanol–water partition coefficient (Wildman–Crippen LogP) is 3.56. The Bertz CT molecular complexity index is 788. The molecule has 5 heteroatoms. The minimum Gasteiger partial charge on any atom is -0.318 e. The number of nitrogens with one attached hydrogen (secondary N) is 1. The summed E-state index contributed by atoms with van der Waals surface area (Å²) in [5.41, 5.74) is 3.32. The maximum Gasteiger partial charge on any atom is 0.316 e. The number of hydrogen-bond donors (Lipinski definition) is 1. The van der Waals surface area contributed by atoms with Crippen molar-refractivity contribution in [1.29, 1.82) is 0 Å². The second-order valence-electron chi connectivity index (χ2n) is 5.78. The summed E-state index contributed by atoms with van der Waals surface area (Å²) in [6.07, 6.45) is 0.756. The highest BCUT2D eigenvalue weighted by atomic mass is 35.5. The van der Waals surface area contributed by atoms with E-state index < -0.39 is 11.8 Å². The van der Waals surface area contributed by atoms with Crippen LogP contribution in [0.2, 0.25) is 5.02 Å². The molecule has 1 aliphatic heterocycles. The first-order valence-electron chi connectivity index (χ1n) is 7.46. The number of halogens is 1. The van der Waals surface area contributed by atoms with Gasteiger partial charge in [0.15, 0.2) is 0 Å². The first-order valence-corrected chi connectivity index (χ1v) is 7.84. The fourth-order valence-electron chi connectivity index (χ4n) is 2.84. The van der Waals surface area contributed by atoms with Crippen LogP contribution in [0, 0.1) is 6.92 Å². The van der Waals surface area contributed by atoms with E-state index in [2.05, 4.69) is 5.32 Å². The van der Waals surface area contributed by atoms with Gasteiger partial charge in [-0.3, -0.25) is 9.59 Å². The lowest BCUT2D eigenvalue weighted by molar-refractivity contribution is -0.134. The van der Waals surface area contributed by atoms with Crippen molar-refractivity contribution >= 4 is 34.8 Å². The number of aryl methyl sites for hydroxylation is 1. The van der Waals surface area contributed by atoms with Crippen molar-refractivity contribution in [3.05, 3.63) is 58.6 Å². The number of rotatable bonds is 1. The van der Waals surface area contributed by atoms with Crippen molar-refractivity contribution in [3.63, 3.8) is 0 Å². The number of anilines is 2. The number of amides is 2. The van der Waals surface area contributed by atoms with E-state index in [0.29, 0.717) is 10.7 Å². The van der Waals surface area contributed by atoms with Gasteiger partial charge in [0.05, 0.1) is 0 Å². The SMILES string of the molecule is Cc1ccc(NC(=O)C(=O)N2c3ccccc3CC2C)cc1Cl. The molecule has 0 saturated heterocycles. The van der Waals surface area contributed by atoms with Crippen LogP contribution in [-0.2, 0) is 16.0 Å². The summed E-state index contributed by atoms with van der Waals surface area (Å²) in [4.78, 5) is 26.4. The van der Waals surface area contributed by atoms with Gasteiger partial charge in [0, 0.05) is 22.4 Å². The van der Waals surface area contributed by atoms with Crippen LogP contribution in [-0.4, -0.2) is 17.9 Å².